The molecule has 0 radical (unpaired) electrons. The molecule has 0 saturated heterocycles. The van der Waals surface area contributed by atoms with Gasteiger partial charge in [-0.15, -0.1) is 0 Å². The maximum atomic E-state index is 9.29. The highest BCUT2D eigenvalue weighted by molar-refractivity contribution is 6.74. The smallest absolute Gasteiger partial charge is 0.192 e. The van der Waals surface area contributed by atoms with E-state index in [0.29, 0.717) is 12.0 Å². The Morgan fingerprint density at radius 2 is 2.00 bits per heavy atom. The predicted octanol–water partition coefficient (Wildman–Crippen LogP) is 4.90. The number of aliphatic hydroxyl groups is 1. The summed E-state index contributed by atoms with van der Waals surface area (Å²) in [4.78, 5) is 0. The molecule has 2 fully saturated rings. The topological polar surface area (TPSA) is 29.5 Å². The van der Waals surface area contributed by atoms with Crippen molar-refractivity contribution in [1.82, 2.24) is 0 Å². The third-order valence-corrected chi connectivity index (χ3v) is 11.0. The van der Waals surface area contributed by atoms with Crippen molar-refractivity contribution in [3.63, 3.8) is 0 Å². The number of fused-ring (bicyclic) bond motifs is 1. The number of hydrogen-bond acceptors (Lipinski definition) is 2. The van der Waals surface area contributed by atoms with Crippen molar-refractivity contribution in [2.45, 2.75) is 84.0 Å². The average molecular weight is 311 g/mol. The maximum Gasteiger partial charge on any atom is 0.192 e. The lowest BCUT2D eigenvalue weighted by molar-refractivity contribution is 0.0231. The Morgan fingerprint density at radius 3 is 2.57 bits per heavy atom. The van der Waals surface area contributed by atoms with E-state index in [2.05, 4.69) is 46.9 Å². The predicted molar refractivity (Wildman–Crippen MR) is 91.9 cm³/mol. The largest absolute Gasteiger partial charge is 0.414 e. The number of aliphatic hydroxyl groups excluding tert-OH is 1. The third kappa shape index (κ3) is 3.15. The molecule has 0 aromatic rings. The van der Waals surface area contributed by atoms with Gasteiger partial charge in [0.2, 0.25) is 0 Å². The number of rotatable bonds is 3. The van der Waals surface area contributed by atoms with Crippen LogP contribution in [0.1, 0.15) is 59.8 Å². The lowest BCUT2D eigenvalue weighted by Crippen LogP contribution is -2.49. The molecule has 1 N–H and O–H groups in total. The van der Waals surface area contributed by atoms with Crippen LogP contribution in [-0.4, -0.2) is 26.1 Å². The summed E-state index contributed by atoms with van der Waals surface area (Å²) in [6.45, 7) is 14.3. The van der Waals surface area contributed by atoms with Crippen LogP contribution < -0.4 is 0 Å². The first-order valence-corrected chi connectivity index (χ1v) is 11.5. The summed E-state index contributed by atoms with van der Waals surface area (Å²) in [6.07, 6.45) is 8.62. The van der Waals surface area contributed by atoms with Gasteiger partial charge in [0, 0.05) is 6.10 Å². The van der Waals surface area contributed by atoms with Crippen LogP contribution in [0.15, 0.2) is 11.6 Å². The summed E-state index contributed by atoms with van der Waals surface area (Å²) < 4.78 is 6.80. The van der Waals surface area contributed by atoms with Gasteiger partial charge in [-0.25, -0.2) is 0 Å². The fourth-order valence-corrected chi connectivity index (χ4v) is 5.50. The second kappa shape index (κ2) is 5.82. The highest BCUT2D eigenvalue weighted by atomic mass is 28.4. The van der Waals surface area contributed by atoms with Crippen molar-refractivity contribution < 1.29 is 9.53 Å². The molecule has 0 aromatic heterocycles. The summed E-state index contributed by atoms with van der Waals surface area (Å²) in [5, 5.41) is 9.57. The maximum absolute atomic E-state index is 9.29. The molecule has 3 heteroatoms. The molecule has 0 aromatic carbocycles. The van der Waals surface area contributed by atoms with E-state index in [4.69, 9.17) is 4.43 Å². The Labute approximate surface area is 132 Å². The first-order valence-electron chi connectivity index (χ1n) is 8.60. The fourth-order valence-electron chi connectivity index (χ4n) is 4.11. The molecule has 0 unspecified atom stereocenters. The standard InChI is InChI=1S/C18H34O2Si/c1-17(2,3)21(5,6)20-16-8-7-12-18(4)14(11-13-19)9-10-15(16)18/h11,15-16,19H,7-10,12-13H2,1-6H3/b14-11-/t15-,16-,18+/m0/s1. The van der Waals surface area contributed by atoms with Crippen LogP contribution in [0.25, 0.3) is 0 Å². The van der Waals surface area contributed by atoms with Gasteiger partial charge < -0.3 is 9.53 Å². The van der Waals surface area contributed by atoms with Gasteiger partial charge in [-0.2, -0.15) is 0 Å². The average Bonchev–Trinajstić information content (AvgIpc) is 2.66. The highest BCUT2D eigenvalue weighted by Crippen LogP contribution is 2.56. The molecule has 0 spiro atoms. The summed E-state index contributed by atoms with van der Waals surface area (Å²) in [5.74, 6) is 0.651. The highest BCUT2D eigenvalue weighted by Gasteiger charge is 2.51. The van der Waals surface area contributed by atoms with Crippen molar-refractivity contribution in [3.8, 4) is 0 Å². The monoisotopic (exact) mass is 310 g/mol. The second-order valence-electron chi connectivity index (χ2n) is 8.78. The molecular formula is C18H34O2Si. The van der Waals surface area contributed by atoms with E-state index in [-0.39, 0.29) is 17.1 Å². The molecule has 0 bridgehead atoms. The molecular weight excluding hydrogens is 276 g/mol. The minimum atomic E-state index is -1.69. The van der Waals surface area contributed by atoms with Crippen LogP contribution in [0, 0.1) is 11.3 Å². The van der Waals surface area contributed by atoms with E-state index < -0.39 is 8.32 Å². The van der Waals surface area contributed by atoms with Gasteiger partial charge in [0.15, 0.2) is 8.32 Å². The molecule has 0 heterocycles. The van der Waals surface area contributed by atoms with Gasteiger partial charge in [-0.3, -0.25) is 0 Å². The Balaban J connectivity index is 2.19. The quantitative estimate of drug-likeness (QED) is 0.593. The number of allylic oxidation sites excluding steroid dienone is 1. The minimum absolute atomic E-state index is 0.186. The van der Waals surface area contributed by atoms with Crippen LogP contribution in [0.4, 0.5) is 0 Å². The van der Waals surface area contributed by atoms with Gasteiger partial charge in [0.25, 0.3) is 0 Å². The van der Waals surface area contributed by atoms with E-state index in [9.17, 15) is 5.11 Å². The molecule has 2 saturated carbocycles. The first-order chi connectivity index (χ1) is 9.62. The van der Waals surface area contributed by atoms with Crippen molar-refractivity contribution in [2.75, 3.05) is 6.61 Å². The zero-order valence-corrected chi connectivity index (χ0v) is 15.8. The summed E-state index contributed by atoms with van der Waals surface area (Å²) in [7, 11) is -1.69. The van der Waals surface area contributed by atoms with Gasteiger partial charge in [0.1, 0.15) is 0 Å². The van der Waals surface area contributed by atoms with Crippen LogP contribution in [0.3, 0.4) is 0 Å². The van der Waals surface area contributed by atoms with Crippen LogP contribution in [-0.2, 0) is 4.43 Å². The first kappa shape index (κ1) is 17.2. The van der Waals surface area contributed by atoms with Crippen molar-refractivity contribution >= 4 is 8.32 Å². The molecule has 3 atom stereocenters. The Kier molecular flexibility index (Phi) is 4.78. The third-order valence-electron chi connectivity index (χ3n) is 6.50. The SMILES string of the molecule is CC(C)(C)[Si](C)(C)O[C@H]1CCC[C@]2(C)/C(=C\CO)CC[C@@H]12. The van der Waals surface area contributed by atoms with Crippen LogP contribution >= 0.6 is 0 Å². The van der Waals surface area contributed by atoms with E-state index in [1.807, 2.05) is 0 Å². The van der Waals surface area contributed by atoms with Crippen LogP contribution in [0.5, 0.6) is 0 Å². The Hall–Kier alpha value is -0.123. The summed E-state index contributed by atoms with van der Waals surface area (Å²) in [6, 6.07) is 0. The van der Waals surface area contributed by atoms with Gasteiger partial charge in [0.05, 0.1) is 6.61 Å². The molecule has 2 nitrogen and oxygen atoms in total. The van der Waals surface area contributed by atoms with Gasteiger partial charge in [-0.05, 0) is 55.1 Å². The molecule has 0 amide bonds. The molecule has 2 rings (SSSR count). The molecule has 2 aliphatic carbocycles. The van der Waals surface area contributed by atoms with E-state index >= 15 is 0 Å². The molecule has 21 heavy (non-hydrogen) atoms. The van der Waals surface area contributed by atoms with Gasteiger partial charge in [-0.1, -0.05) is 45.8 Å². The lowest BCUT2D eigenvalue weighted by Gasteiger charge is -2.47. The minimum Gasteiger partial charge on any atom is -0.414 e. The summed E-state index contributed by atoms with van der Waals surface area (Å²) in [5.41, 5.74) is 1.76. The lowest BCUT2D eigenvalue weighted by atomic mass is 9.66. The summed E-state index contributed by atoms with van der Waals surface area (Å²) >= 11 is 0. The van der Waals surface area contributed by atoms with Gasteiger partial charge >= 0.3 is 0 Å². The van der Waals surface area contributed by atoms with Crippen LogP contribution in [0.2, 0.25) is 18.1 Å². The Morgan fingerprint density at radius 1 is 1.33 bits per heavy atom. The number of hydrogen-bond donors (Lipinski definition) is 1. The zero-order chi connectivity index (χ0) is 15.9. The molecule has 0 aliphatic heterocycles. The van der Waals surface area contributed by atoms with E-state index in [1.165, 1.54) is 31.3 Å². The molecule has 122 valence electrons. The van der Waals surface area contributed by atoms with Crippen molar-refractivity contribution in [2.24, 2.45) is 11.3 Å². The second-order valence-corrected chi connectivity index (χ2v) is 13.5. The van der Waals surface area contributed by atoms with E-state index in [0.717, 1.165) is 6.42 Å². The van der Waals surface area contributed by atoms with Crippen molar-refractivity contribution in [3.05, 3.63) is 11.6 Å². The van der Waals surface area contributed by atoms with E-state index in [1.54, 1.807) is 0 Å². The fraction of sp³-hybridized carbons (Fsp3) is 0.889. The normalized spacial score (nSPS) is 36.0. The van der Waals surface area contributed by atoms with Crippen molar-refractivity contribution in [1.29, 1.82) is 0 Å². The Bertz CT molecular complexity index is 408. The molecule has 2 aliphatic rings. The zero-order valence-electron chi connectivity index (χ0n) is 14.8.